The predicted molar refractivity (Wildman–Crippen MR) is 454 cm³/mol. The van der Waals surface area contributed by atoms with E-state index in [0.29, 0.717) is 0 Å². The van der Waals surface area contributed by atoms with Crippen LogP contribution in [0.15, 0.2) is 425 Å². The smallest absolute Gasteiger partial charge is 0.199 e. The van der Waals surface area contributed by atoms with Crippen LogP contribution in [0.4, 0.5) is 0 Å². The van der Waals surface area contributed by atoms with Crippen LogP contribution in [0.2, 0.25) is 0 Å². The Morgan fingerprint density at radius 2 is 0.308 bits per heavy atom. The Hall–Kier alpha value is -10.4. The molecule has 0 aliphatic rings. The fraction of sp³-hybridized carbons (Fsp3) is 0.0842. The first kappa shape index (κ1) is 79.3. The van der Waals surface area contributed by atoms with E-state index in [9.17, 15) is 0 Å². The van der Waals surface area contributed by atoms with Gasteiger partial charge in [-0.3, -0.25) is 0 Å². The van der Waals surface area contributed by atoms with Crippen molar-refractivity contribution in [2.45, 2.75) is 27.7 Å². The van der Waals surface area contributed by atoms with Crippen LogP contribution in [-0.2, 0) is 19.5 Å². The van der Waals surface area contributed by atoms with Crippen molar-refractivity contribution in [3.63, 3.8) is 0 Å². The van der Waals surface area contributed by atoms with Gasteiger partial charge in [0.05, 0.1) is 18.2 Å². The van der Waals surface area contributed by atoms with Gasteiger partial charge in [-0.2, -0.15) is 59.5 Å². The van der Waals surface area contributed by atoms with E-state index >= 15 is 0 Å². The standard InChI is InChI=1S/C41H39P3.2C24H20B.3C2H3N.Ru/c1-41(32-42(35-20-8-2-9-21-35)36-22-10-3-11-23-36,33-43(37-24-12-4-13-25-37)38-26-14-5-15-27-38)34-44(39-28-16-6-17-29-39)40-30-18-7-19-31-40;2*1-5-13-21(14-6-1)25(22-15-7-2-8-16-22,23-17-9-3-10-18-23)24-19-11-4-12-20-24;3*1-2-3;/h2-31H,32-34H2,1H3;2*1-20H;3*1H3;/q;2*-1;;;;+2. The summed E-state index contributed by atoms with van der Waals surface area (Å²) >= 11 is 0. The molecule has 14 aromatic rings. The van der Waals surface area contributed by atoms with Gasteiger partial charge in [-0.25, -0.2) is 0 Å². The van der Waals surface area contributed by atoms with Gasteiger partial charge in [0.1, 0.15) is 12.3 Å². The number of benzene rings is 14. The van der Waals surface area contributed by atoms with E-state index in [4.69, 9.17) is 15.8 Å². The summed E-state index contributed by atoms with van der Waals surface area (Å²) in [5.74, 6) is 0. The first-order valence-corrected chi connectivity index (χ1v) is 39.7. The summed E-state index contributed by atoms with van der Waals surface area (Å²) < 4.78 is 0. The van der Waals surface area contributed by atoms with E-state index in [1.807, 2.05) is 0 Å². The van der Waals surface area contributed by atoms with Gasteiger partial charge in [-0.05, 0) is 79.5 Å². The molecule has 0 spiro atoms. The van der Waals surface area contributed by atoms with Crippen LogP contribution >= 0.6 is 23.8 Å². The number of hydrogen-bond donors (Lipinski definition) is 0. The van der Waals surface area contributed by atoms with Gasteiger partial charge in [-0.15, -0.1) is 0 Å². The van der Waals surface area contributed by atoms with E-state index in [2.05, 4.69) is 432 Å². The van der Waals surface area contributed by atoms with Gasteiger partial charge in [0.25, 0.3) is 0 Å². The second-order valence-corrected chi connectivity index (χ2v) is 31.9. The van der Waals surface area contributed by atoms with Gasteiger partial charge in [0.15, 0.2) is 0 Å². The molecule has 0 aliphatic carbocycles. The van der Waals surface area contributed by atoms with Crippen LogP contribution in [0, 0.1) is 39.4 Å². The maximum absolute atomic E-state index is 7.32. The van der Waals surface area contributed by atoms with Crippen molar-refractivity contribution in [2.24, 2.45) is 5.41 Å². The number of nitriles is 3. The normalized spacial score (nSPS) is 10.6. The average molecular weight is 1490 g/mol. The monoisotopic (exact) mass is 1490 g/mol. The van der Waals surface area contributed by atoms with Crippen LogP contribution in [0.1, 0.15) is 27.7 Å². The summed E-state index contributed by atoms with van der Waals surface area (Å²) in [4.78, 5) is 0. The van der Waals surface area contributed by atoms with Crippen LogP contribution in [0.3, 0.4) is 0 Å². The predicted octanol–water partition coefficient (Wildman–Crippen LogP) is 16.1. The molecular weight excluding hydrogens is 1400 g/mol. The third kappa shape index (κ3) is 21.1. The summed E-state index contributed by atoms with van der Waals surface area (Å²) in [6.45, 7) is 6.90. The van der Waals surface area contributed by atoms with Crippen molar-refractivity contribution in [1.29, 1.82) is 15.8 Å². The fourth-order valence-electron chi connectivity index (χ4n) is 14.2. The number of hydrogen-bond acceptors (Lipinski definition) is 3. The summed E-state index contributed by atoms with van der Waals surface area (Å²) in [6.07, 6.45) is 1.01. The molecule has 14 aromatic carbocycles. The first-order chi connectivity index (χ1) is 50.8. The maximum atomic E-state index is 7.32. The molecule has 0 bridgehead atoms. The van der Waals surface area contributed by atoms with Gasteiger partial charge in [0.2, 0.25) is 0 Å². The second-order valence-electron chi connectivity index (χ2n) is 25.3. The Morgan fingerprint density at radius 3 is 0.413 bits per heavy atom. The quantitative estimate of drug-likeness (QED) is 0.0564. The van der Waals surface area contributed by atoms with Gasteiger partial charge in [-0.1, -0.05) is 432 Å². The molecule has 0 unspecified atom stereocenters. The zero-order valence-corrected chi connectivity index (χ0v) is 64.1. The van der Waals surface area contributed by atoms with Crippen LogP contribution in [0.25, 0.3) is 0 Å². The Labute approximate surface area is 636 Å². The maximum Gasteiger partial charge on any atom is 2.00 e. The van der Waals surface area contributed by atoms with Crippen molar-refractivity contribution in [1.82, 2.24) is 0 Å². The van der Waals surface area contributed by atoms with Crippen molar-refractivity contribution in [3.05, 3.63) is 425 Å². The van der Waals surface area contributed by atoms with E-state index in [0.717, 1.165) is 18.5 Å². The second kappa shape index (κ2) is 42.9. The zero-order chi connectivity index (χ0) is 72.1. The zero-order valence-electron chi connectivity index (χ0n) is 59.7. The minimum absolute atomic E-state index is 0. The molecule has 0 N–H and O–H groups in total. The summed E-state index contributed by atoms with van der Waals surface area (Å²) in [5.41, 5.74) is 10.8. The third-order valence-corrected chi connectivity index (χ3v) is 27.2. The summed E-state index contributed by atoms with van der Waals surface area (Å²) in [7, 11) is -1.66. The molecule has 9 heteroatoms. The molecule has 0 aliphatic heterocycles. The molecule has 0 amide bonds. The van der Waals surface area contributed by atoms with Crippen molar-refractivity contribution in [2.75, 3.05) is 18.5 Å². The molecule has 0 atom stereocenters. The average Bonchev–Trinajstić information content (AvgIpc) is 0.743. The number of nitrogens with zero attached hydrogens (tertiary/aromatic N) is 3. The first-order valence-electron chi connectivity index (χ1n) is 35.1. The Balaban J connectivity index is 0.000000195. The van der Waals surface area contributed by atoms with Crippen LogP contribution in [-0.4, -0.2) is 30.8 Å². The molecule has 0 aromatic heterocycles. The van der Waals surface area contributed by atoms with Crippen molar-refractivity contribution in [3.8, 4) is 18.2 Å². The Morgan fingerprint density at radius 1 is 0.212 bits per heavy atom. The fourth-order valence-corrected chi connectivity index (χ4v) is 22.9. The molecule has 512 valence electrons. The van der Waals surface area contributed by atoms with E-state index < -0.39 is 36.1 Å². The minimum Gasteiger partial charge on any atom is -0.199 e. The molecule has 0 heterocycles. The molecule has 14 rings (SSSR count). The van der Waals surface area contributed by atoms with Crippen molar-refractivity contribution >= 4 is 112 Å². The molecule has 0 radical (unpaired) electrons. The third-order valence-electron chi connectivity index (χ3n) is 18.4. The molecule has 0 fully saturated rings. The van der Waals surface area contributed by atoms with Gasteiger partial charge in [0, 0.05) is 20.8 Å². The van der Waals surface area contributed by atoms with Gasteiger partial charge >= 0.3 is 19.5 Å². The Kier molecular flexibility index (Phi) is 32.7. The minimum atomic E-state index is -1.22. The van der Waals surface area contributed by atoms with E-state index in [-0.39, 0.29) is 24.9 Å². The molecule has 0 saturated carbocycles. The Bertz CT molecular complexity index is 3930. The summed E-state index contributed by atoms with van der Waals surface area (Å²) in [5, 5.41) is 30.7. The molecule has 104 heavy (non-hydrogen) atoms. The molecular formula is C95H88B2N3P3Ru. The van der Waals surface area contributed by atoms with Crippen LogP contribution in [0.5, 0.6) is 0 Å². The largest absolute Gasteiger partial charge is 2.00 e. The number of rotatable bonds is 20. The van der Waals surface area contributed by atoms with E-state index in [1.165, 1.54) is 96.3 Å². The topological polar surface area (TPSA) is 71.4 Å². The SMILES string of the molecule is CC#N.CC#N.CC#N.CC(CP(c1ccccc1)c1ccccc1)(CP(c1ccccc1)c1ccccc1)CP(c1ccccc1)c1ccccc1.[Ru+2].c1ccc([B-](c2ccccc2)(c2ccccc2)c2ccccc2)cc1.c1ccc([B-](c2ccccc2)(c2ccccc2)c2ccccc2)cc1. The van der Waals surface area contributed by atoms with Crippen molar-refractivity contribution < 1.29 is 19.5 Å². The molecule has 3 nitrogen and oxygen atoms in total. The molecule has 0 saturated heterocycles. The summed E-state index contributed by atoms with van der Waals surface area (Å²) in [6, 6.07) is 160. The van der Waals surface area contributed by atoms with E-state index in [1.54, 1.807) is 18.2 Å². The van der Waals surface area contributed by atoms with Gasteiger partial charge < -0.3 is 0 Å². The van der Waals surface area contributed by atoms with Crippen LogP contribution < -0.4 is 75.5 Å².